The van der Waals surface area contributed by atoms with Gasteiger partial charge in [0.1, 0.15) is 0 Å². The van der Waals surface area contributed by atoms with Gasteiger partial charge in [-0.2, -0.15) is 0 Å². The molecule has 0 aromatic heterocycles. The fourth-order valence-corrected chi connectivity index (χ4v) is 1.07. The second kappa shape index (κ2) is 4.55. The van der Waals surface area contributed by atoms with Crippen molar-refractivity contribution in [3.63, 3.8) is 0 Å². The molecule has 12 heavy (non-hydrogen) atoms. The third-order valence-electron chi connectivity index (χ3n) is 1.82. The SMILES string of the molecule is C=C/C(=C\c1ccccc1)CC. The summed E-state index contributed by atoms with van der Waals surface area (Å²) in [6, 6.07) is 10.3. The molecule has 0 fully saturated rings. The van der Waals surface area contributed by atoms with Crippen molar-refractivity contribution in [1.82, 2.24) is 0 Å². The van der Waals surface area contributed by atoms with E-state index < -0.39 is 0 Å². The summed E-state index contributed by atoms with van der Waals surface area (Å²) in [6.45, 7) is 5.90. The van der Waals surface area contributed by atoms with Crippen molar-refractivity contribution in [3.8, 4) is 0 Å². The molecule has 0 nitrogen and oxygen atoms in total. The Morgan fingerprint density at radius 3 is 2.50 bits per heavy atom. The zero-order valence-electron chi connectivity index (χ0n) is 7.46. The third kappa shape index (κ3) is 2.39. The summed E-state index contributed by atoms with van der Waals surface area (Å²) in [7, 11) is 0. The van der Waals surface area contributed by atoms with E-state index in [1.165, 1.54) is 11.1 Å². The second-order valence-electron chi connectivity index (χ2n) is 2.69. The lowest BCUT2D eigenvalue weighted by Crippen LogP contribution is -1.75. The van der Waals surface area contributed by atoms with E-state index in [0.717, 1.165) is 6.42 Å². The van der Waals surface area contributed by atoms with Gasteiger partial charge in [-0.15, -0.1) is 0 Å². The van der Waals surface area contributed by atoms with E-state index in [0.29, 0.717) is 0 Å². The quantitative estimate of drug-likeness (QED) is 0.589. The summed E-state index contributed by atoms with van der Waals surface area (Å²) in [5, 5.41) is 0. The van der Waals surface area contributed by atoms with Gasteiger partial charge in [-0.3, -0.25) is 0 Å². The van der Waals surface area contributed by atoms with Crippen LogP contribution in [0.3, 0.4) is 0 Å². The van der Waals surface area contributed by atoms with E-state index in [2.05, 4.69) is 31.7 Å². The molecule has 1 aromatic carbocycles. The maximum Gasteiger partial charge on any atom is -0.0254 e. The molecule has 1 aromatic rings. The van der Waals surface area contributed by atoms with Gasteiger partial charge in [0.25, 0.3) is 0 Å². The van der Waals surface area contributed by atoms with Crippen LogP contribution in [0.15, 0.2) is 48.6 Å². The van der Waals surface area contributed by atoms with Crippen molar-refractivity contribution in [2.24, 2.45) is 0 Å². The van der Waals surface area contributed by atoms with Crippen LogP contribution in [0.4, 0.5) is 0 Å². The molecule has 0 heterocycles. The van der Waals surface area contributed by atoms with E-state index in [-0.39, 0.29) is 0 Å². The Balaban J connectivity index is 2.86. The molecule has 0 N–H and O–H groups in total. The Hall–Kier alpha value is -1.30. The average molecular weight is 158 g/mol. The third-order valence-corrected chi connectivity index (χ3v) is 1.82. The number of allylic oxidation sites excluding steroid dienone is 2. The van der Waals surface area contributed by atoms with Crippen LogP contribution >= 0.6 is 0 Å². The summed E-state index contributed by atoms with van der Waals surface area (Å²) in [6.07, 6.45) is 5.11. The summed E-state index contributed by atoms with van der Waals surface area (Å²) in [5.41, 5.74) is 2.52. The standard InChI is InChI=1S/C12H14/c1-3-11(4-2)10-12-8-6-5-7-9-12/h3,5-10H,1,4H2,2H3/b11-10+. The lowest BCUT2D eigenvalue weighted by Gasteiger charge is -1.96. The molecule has 0 aliphatic heterocycles. The first-order valence-electron chi connectivity index (χ1n) is 4.25. The number of hydrogen-bond donors (Lipinski definition) is 0. The van der Waals surface area contributed by atoms with Crippen molar-refractivity contribution >= 4 is 6.08 Å². The predicted octanol–water partition coefficient (Wildman–Crippen LogP) is 3.67. The minimum atomic E-state index is 1.04. The summed E-state index contributed by atoms with van der Waals surface area (Å²) in [5.74, 6) is 0. The molecule has 0 heteroatoms. The smallest absolute Gasteiger partial charge is 0.0254 e. The largest absolute Gasteiger partial charge is 0.0988 e. The van der Waals surface area contributed by atoms with Gasteiger partial charge in [0, 0.05) is 0 Å². The molecule has 62 valence electrons. The first kappa shape index (κ1) is 8.79. The van der Waals surface area contributed by atoms with E-state index >= 15 is 0 Å². The molecule has 0 atom stereocenters. The molecule has 1 rings (SSSR count). The minimum absolute atomic E-state index is 1.04. The molecular weight excluding hydrogens is 144 g/mol. The zero-order chi connectivity index (χ0) is 8.81. The van der Waals surface area contributed by atoms with Crippen LogP contribution in [-0.2, 0) is 0 Å². The Labute approximate surface area is 74.2 Å². The van der Waals surface area contributed by atoms with Gasteiger partial charge in [0.15, 0.2) is 0 Å². The summed E-state index contributed by atoms with van der Waals surface area (Å²) < 4.78 is 0. The van der Waals surface area contributed by atoms with Crippen LogP contribution in [0.5, 0.6) is 0 Å². The monoisotopic (exact) mass is 158 g/mol. The highest BCUT2D eigenvalue weighted by Crippen LogP contribution is 2.09. The minimum Gasteiger partial charge on any atom is -0.0988 e. The Kier molecular flexibility index (Phi) is 3.34. The summed E-state index contributed by atoms with van der Waals surface area (Å²) in [4.78, 5) is 0. The van der Waals surface area contributed by atoms with Crippen LogP contribution in [0.2, 0.25) is 0 Å². The van der Waals surface area contributed by atoms with E-state index in [4.69, 9.17) is 0 Å². The number of hydrogen-bond acceptors (Lipinski definition) is 0. The fourth-order valence-electron chi connectivity index (χ4n) is 1.07. The van der Waals surface area contributed by atoms with Crippen LogP contribution in [0, 0.1) is 0 Å². The van der Waals surface area contributed by atoms with Crippen LogP contribution in [0.25, 0.3) is 6.08 Å². The molecule has 0 amide bonds. The van der Waals surface area contributed by atoms with Crippen LogP contribution < -0.4 is 0 Å². The molecule has 0 saturated carbocycles. The summed E-state index contributed by atoms with van der Waals surface area (Å²) >= 11 is 0. The topological polar surface area (TPSA) is 0 Å². The highest BCUT2D eigenvalue weighted by molar-refractivity contribution is 5.55. The molecule has 0 spiro atoms. The van der Waals surface area contributed by atoms with Gasteiger partial charge in [-0.05, 0) is 17.6 Å². The predicted molar refractivity (Wildman–Crippen MR) is 54.9 cm³/mol. The van der Waals surface area contributed by atoms with Gasteiger partial charge in [0.05, 0.1) is 0 Å². The van der Waals surface area contributed by atoms with Gasteiger partial charge < -0.3 is 0 Å². The highest BCUT2D eigenvalue weighted by atomic mass is 13.9. The first-order chi connectivity index (χ1) is 5.86. The Morgan fingerprint density at radius 2 is 2.00 bits per heavy atom. The van der Waals surface area contributed by atoms with Gasteiger partial charge >= 0.3 is 0 Å². The second-order valence-corrected chi connectivity index (χ2v) is 2.69. The van der Waals surface area contributed by atoms with Crippen molar-refractivity contribution in [2.45, 2.75) is 13.3 Å². The van der Waals surface area contributed by atoms with E-state index in [1.807, 2.05) is 24.3 Å². The van der Waals surface area contributed by atoms with Crippen molar-refractivity contribution in [3.05, 3.63) is 54.1 Å². The normalized spacial score (nSPS) is 11.2. The van der Waals surface area contributed by atoms with Crippen LogP contribution in [0.1, 0.15) is 18.9 Å². The zero-order valence-corrected chi connectivity index (χ0v) is 7.46. The van der Waals surface area contributed by atoms with Gasteiger partial charge in [-0.1, -0.05) is 56.0 Å². The van der Waals surface area contributed by atoms with Crippen molar-refractivity contribution < 1.29 is 0 Å². The lowest BCUT2D eigenvalue weighted by molar-refractivity contribution is 1.16. The maximum absolute atomic E-state index is 3.76. The number of benzene rings is 1. The van der Waals surface area contributed by atoms with Crippen molar-refractivity contribution in [2.75, 3.05) is 0 Å². The molecule has 0 unspecified atom stereocenters. The fraction of sp³-hybridized carbons (Fsp3) is 0.167. The first-order valence-corrected chi connectivity index (χ1v) is 4.25. The van der Waals surface area contributed by atoms with E-state index in [9.17, 15) is 0 Å². The lowest BCUT2D eigenvalue weighted by atomic mass is 10.1. The Morgan fingerprint density at radius 1 is 1.33 bits per heavy atom. The maximum atomic E-state index is 3.76. The molecule has 0 aliphatic carbocycles. The highest BCUT2D eigenvalue weighted by Gasteiger charge is 1.87. The molecular formula is C12H14. The van der Waals surface area contributed by atoms with Crippen LogP contribution in [-0.4, -0.2) is 0 Å². The van der Waals surface area contributed by atoms with Gasteiger partial charge in [-0.25, -0.2) is 0 Å². The van der Waals surface area contributed by atoms with Crippen molar-refractivity contribution in [1.29, 1.82) is 0 Å². The molecule has 0 saturated heterocycles. The molecule has 0 radical (unpaired) electrons. The molecule has 0 bridgehead atoms. The molecule has 0 aliphatic rings. The average Bonchev–Trinajstić information content (AvgIpc) is 2.16. The Bertz CT molecular complexity index is 267. The van der Waals surface area contributed by atoms with E-state index in [1.54, 1.807) is 0 Å². The number of rotatable bonds is 3. The van der Waals surface area contributed by atoms with Gasteiger partial charge in [0.2, 0.25) is 0 Å².